The first-order valence-corrected chi connectivity index (χ1v) is 9.34. The first-order valence-electron chi connectivity index (χ1n) is 9.34. The second-order valence-corrected chi connectivity index (χ2v) is 8.07. The van der Waals surface area contributed by atoms with Crippen molar-refractivity contribution in [2.24, 2.45) is 0 Å². The number of anilines is 1. The number of pyridine rings is 1. The summed E-state index contributed by atoms with van der Waals surface area (Å²) in [4.78, 5) is 6.86. The van der Waals surface area contributed by atoms with E-state index >= 15 is 0 Å². The van der Waals surface area contributed by atoms with Crippen molar-refractivity contribution >= 4 is 16.6 Å². The Kier molecular flexibility index (Phi) is 4.57. The van der Waals surface area contributed by atoms with Gasteiger partial charge in [-0.05, 0) is 54.2 Å². The topological polar surface area (TPSA) is 60.9 Å². The minimum atomic E-state index is -4.86. The van der Waals surface area contributed by atoms with Gasteiger partial charge in [0.15, 0.2) is 5.60 Å². The number of aliphatic hydroxyl groups is 1. The van der Waals surface area contributed by atoms with E-state index in [2.05, 4.69) is 15.3 Å². The highest BCUT2D eigenvalue weighted by Crippen LogP contribution is 2.47. The highest BCUT2D eigenvalue weighted by molar-refractivity contribution is 5.79. The molecule has 29 heavy (non-hydrogen) atoms. The number of H-pyrrole nitrogens is 1. The number of hydrogen-bond donors (Lipinski definition) is 3. The number of alkyl halides is 3. The number of aromatic nitrogens is 2. The molecule has 3 N–H and O–H groups in total. The molecule has 1 aliphatic rings. The Hall–Kier alpha value is -2.61. The molecule has 0 amide bonds. The van der Waals surface area contributed by atoms with Gasteiger partial charge in [0.25, 0.3) is 0 Å². The summed E-state index contributed by atoms with van der Waals surface area (Å²) in [5, 5.41) is 14.7. The molecule has 0 spiro atoms. The van der Waals surface area contributed by atoms with Gasteiger partial charge in [0.05, 0.1) is 11.7 Å². The summed E-state index contributed by atoms with van der Waals surface area (Å²) in [6.07, 6.45) is -2.63. The molecule has 0 saturated carbocycles. The second-order valence-electron chi connectivity index (χ2n) is 8.07. The Bertz CT molecular complexity index is 1010. The molecule has 0 aliphatic carbocycles. The van der Waals surface area contributed by atoms with Crippen LogP contribution in [0.4, 0.5) is 23.2 Å². The average molecular weight is 407 g/mol. The maximum absolute atomic E-state index is 14.1. The van der Waals surface area contributed by atoms with Crippen LogP contribution in [-0.2, 0) is 11.8 Å². The predicted molar refractivity (Wildman–Crippen MR) is 102 cm³/mol. The van der Waals surface area contributed by atoms with Crippen LogP contribution in [0.15, 0.2) is 42.7 Å². The molecule has 0 bridgehead atoms. The molecule has 2 atom stereocenters. The second kappa shape index (κ2) is 6.73. The minimum absolute atomic E-state index is 0.268. The van der Waals surface area contributed by atoms with Crippen molar-refractivity contribution in [1.82, 2.24) is 9.97 Å². The number of aromatic amines is 1. The number of hydrogen-bond acceptors (Lipinski definition) is 3. The van der Waals surface area contributed by atoms with Crippen molar-refractivity contribution in [3.8, 4) is 0 Å². The number of benzene rings is 1. The van der Waals surface area contributed by atoms with E-state index in [0.29, 0.717) is 29.7 Å². The van der Waals surface area contributed by atoms with Gasteiger partial charge < -0.3 is 15.4 Å². The molecule has 0 radical (unpaired) electrons. The number of nitrogens with zero attached hydrogens (tertiary/aromatic N) is 1. The maximum atomic E-state index is 14.1. The lowest BCUT2D eigenvalue weighted by Crippen LogP contribution is -2.52. The summed E-state index contributed by atoms with van der Waals surface area (Å²) in [5.74, 6) is -0.516. The number of rotatable bonds is 4. The lowest BCUT2D eigenvalue weighted by atomic mass is 9.68. The molecule has 3 aromatic rings. The van der Waals surface area contributed by atoms with E-state index in [-0.39, 0.29) is 5.69 Å². The summed E-state index contributed by atoms with van der Waals surface area (Å²) in [5.41, 5.74) is -2.09. The van der Waals surface area contributed by atoms with Gasteiger partial charge in [-0.2, -0.15) is 13.2 Å². The third-order valence-corrected chi connectivity index (χ3v) is 5.80. The van der Waals surface area contributed by atoms with E-state index in [9.17, 15) is 22.7 Å². The fraction of sp³-hybridized carbons (Fsp3) is 0.381. The van der Waals surface area contributed by atoms with Gasteiger partial charge in [-0.25, -0.2) is 4.39 Å². The van der Waals surface area contributed by atoms with E-state index in [1.54, 1.807) is 25.3 Å². The Morgan fingerprint density at radius 1 is 1.21 bits per heavy atom. The maximum Gasteiger partial charge on any atom is 0.417 e. The fourth-order valence-corrected chi connectivity index (χ4v) is 4.31. The third kappa shape index (κ3) is 3.57. The normalized spacial score (nSPS) is 21.4. The van der Waals surface area contributed by atoms with E-state index in [1.807, 2.05) is 0 Å². The van der Waals surface area contributed by atoms with Crippen LogP contribution in [0.5, 0.6) is 0 Å². The number of fused-ring (bicyclic) bond motifs is 2. The average Bonchev–Trinajstić information content (AvgIpc) is 3.03. The third-order valence-electron chi connectivity index (χ3n) is 5.80. The highest BCUT2D eigenvalue weighted by Gasteiger charge is 2.57. The Labute approximate surface area is 165 Å². The van der Waals surface area contributed by atoms with E-state index < -0.39 is 35.9 Å². The van der Waals surface area contributed by atoms with Crippen LogP contribution in [0.1, 0.15) is 31.0 Å². The summed E-state index contributed by atoms with van der Waals surface area (Å²) in [7, 11) is 0. The molecule has 4 rings (SSSR count). The molecule has 4 nitrogen and oxygen atoms in total. The van der Waals surface area contributed by atoms with Gasteiger partial charge in [-0.3, -0.25) is 4.98 Å². The summed E-state index contributed by atoms with van der Waals surface area (Å²) >= 11 is 0. The van der Waals surface area contributed by atoms with Gasteiger partial charge in [0, 0.05) is 35.9 Å². The molecule has 8 heteroatoms. The van der Waals surface area contributed by atoms with Gasteiger partial charge in [0.2, 0.25) is 0 Å². The molecule has 2 unspecified atom stereocenters. The Morgan fingerprint density at radius 3 is 2.72 bits per heavy atom. The smallest absolute Gasteiger partial charge is 0.385 e. The molecule has 1 aromatic carbocycles. The fourth-order valence-electron chi connectivity index (χ4n) is 4.31. The molecule has 2 aromatic heterocycles. The van der Waals surface area contributed by atoms with E-state index in [0.717, 1.165) is 5.39 Å². The zero-order chi connectivity index (χ0) is 20.9. The predicted octanol–water partition coefficient (Wildman–Crippen LogP) is 4.70. The van der Waals surface area contributed by atoms with Crippen molar-refractivity contribution in [2.75, 3.05) is 11.9 Å². The quantitative estimate of drug-likeness (QED) is 0.550. The van der Waals surface area contributed by atoms with E-state index in [1.165, 1.54) is 24.4 Å². The van der Waals surface area contributed by atoms with Gasteiger partial charge >= 0.3 is 6.18 Å². The van der Waals surface area contributed by atoms with Crippen molar-refractivity contribution in [1.29, 1.82) is 0 Å². The number of nitrogens with one attached hydrogen (secondary N) is 2. The van der Waals surface area contributed by atoms with Crippen LogP contribution in [-0.4, -0.2) is 33.4 Å². The van der Waals surface area contributed by atoms with Gasteiger partial charge in [0.1, 0.15) is 5.82 Å². The molecule has 154 valence electrons. The lowest BCUT2D eigenvalue weighted by Gasteiger charge is -2.43. The van der Waals surface area contributed by atoms with E-state index in [4.69, 9.17) is 0 Å². The highest BCUT2D eigenvalue weighted by atomic mass is 19.4. The van der Waals surface area contributed by atoms with Crippen molar-refractivity contribution in [3.05, 3.63) is 59.8 Å². The Morgan fingerprint density at radius 2 is 2.00 bits per heavy atom. The lowest BCUT2D eigenvalue weighted by molar-refractivity contribution is -0.267. The largest absolute Gasteiger partial charge is 0.417 e. The van der Waals surface area contributed by atoms with Crippen LogP contribution >= 0.6 is 0 Å². The number of halogens is 4. The van der Waals surface area contributed by atoms with Crippen LogP contribution in [0.25, 0.3) is 10.9 Å². The molecule has 3 heterocycles. The standard InChI is InChI=1S/C21H21F4N3O/c1-19(5-7-27-17-3-2-14(22)9-16(17)19)12-20(29,21(23,24)25)10-15-8-13-4-6-26-11-18(13)28-15/h2-4,6,8-9,11,27-29H,5,7,10,12H2,1H3. The Balaban J connectivity index is 1.72. The SMILES string of the molecule is CC1(CC(O)(Cc2cc3ccncc3[nH]2)C(F)(F)F)CCNc2ccc(F)cc21. The van der Waals surface area contributed by atoms with Crippen LogP contribution in [0, 0.1) is 5.82 Å². The zero-order valence-corrected chi connectivity index (χ0v) is 15.8. The zero-order valence-electron chi connectivity index (χ0n) is 15.8. The molecule has 0 saturated heterocycles. The first kappa shape index (κ1) is 19.7. The summed E-state index contributed by atoms with van der Waals surface area (Å²) in [6, 6.07) is 7.33. The first-order chi connectivity index (χ1) is 13.6. The van der Waals surface area contributed by atoms with Crippen molar-refractivity contribution in [3.63, 3.8) is 0 Å². The molecular weight excluding hydrogens is 386 g/mol. The molecule has 1 aliphatic heterocycles. The van der Waals surface area contributed by atoms with Crippen LogP contribution in [0.2, 0.25) is 0 Å². The summed E-state index contributed by atoms with van der Waals surface area (Å²) in [6.45, 7) is 2.10. The van der Waals surface area contributed by atoms with Crippen LogP contribution in [0.3, 0.4) is 0 Å². The molecular formula is C21H21F4N3O. The molecule has 0 fully saturated rings. The van der Waals surface area contributed by atoms with Gasteiger partial charge in [-0.15, -0.1) is 0 Å². The van der Waals surface area contributed by atoms with Crippen LogP contribution < -0.4 is 5.32 Å². The summed E-state index contributed by atoms with van der Waals surface area (Å²) < 4.78 is 56.0. The monoisotopic (exact) mass is 407 g/mol. The van der Waals surface area contributed by atoms with Crippen molar-refractivity contribution in [2.45, 2.75) is 43.4 Å². The van der Waals surface area contributed by atoms with Crippen molar-refractivity contribution < 1.29 is 22.7 Å². The van der Waals surface area contributed by atoms with Gasteiger partial charge in [-0.1, -0.05) is 6.92 Å². The minimum Gasteiger partial charge on any atom is -0.385 e.